The minimum atomic E-state index is -0.682. The van der Waals surface area contributed by atoms with Gasteiger partial charge >= 0.3 is 5.97 Å². The molecule has 4 nitrogen and oxygen atoms in total. The molecule has 1 saturated carbocycles. The van der Waals surface area contributed by atoms with Gasteiger partial charge in [-0.05, 0) is 32.6 Å². The number of rotatable bonds is 3. The van der Waals surface area contributed by atoms with Gasteiger partial charge in [-0.25, -0.2) is 0 Å². The van der Waals surface area contributed by atoms with Crippen molar-refractivity contribution in [1.29, 1.82) is 0 Å². The fourth-order valence-corrected chi connectivity index (χ4v) is 2.59. The highest BCUT2D eigenvalue weighted by Crippen LogP contribution is 2.44. The van der Waals surface area contributed by atoms with Gasteiger partial charge in [0.2, 0.25) is 0 Å². The first-order valence-corrected chi connectivity index (χ1v) is 5.64. The molecule has 2 unspecified atom stereocenters. The Hall–Kier alpha value is -0.610. The maximum absolute atomic E-state index is 11.5. The van der Waals surface area contributed by atoms with Crippen LogP contribution in [0.25, 0.3) is 0 Å². The molecule has 86 valence electrons. The summed E-state index contributed by atoms with van der Waals surface area (Å²) in [5, 5.41) is 9.43. The SMILES string of the molecule is CC1COCCN1C(C)(C(=O)O)C1CC1. The summed E-state index contributed by atoms with van der Waals surface area (Å²) in [6.45, 7) is 5.95. The standard InChI is InChI=1S/C11H19NO3/c1-8-7-15-6-5-12(8)11(2,10(13)14)9-3-4-9/h8-9H,3-7H2,1-2H3,(H,13,14). The zero-order chi connectivity index (χ0) is 11.1. The molecule has 1 heterocycles. The van der Waals surface area contributed by atoms with Gasteiger partial charge in [-0.15, -0.1) is 0 Å². The van der Waals surface area contributed by atoms with Gasteiger partial charge < -0.3 is 9.84 Å². The fourth-order valence-electron chi connectivity index (χ4n) is 2.59. The monoisotopic (exact) mass is 213 g/mol. The second-order valence-corrected chi connectivity index (χ2v) is 4.84. The lowest BCUT2D eigenvalue weighted by Crippen LogP contribution is -2.61. The van der Waals surface area contributed by atoms with Gasteiger partial charge in [-0.1, -0.05) is 0 Å². The third-order valence-electron chi connectivity index (χ3n) is 3.77. The van der Waals surface area contributed by atoms with Gasteiger partial charge in [-0.2, -0.15) is 0 Å². The van der Waals surface area contributed by atoms with Gasteiger partial charge in [-0.3, -0.25) is 9.69 Å². The minimum absolute atomic E-state index is 0.209. The fraction of sp³-hybridized carbons (Fsp3) is 0.909. The Bertz CT molecular complexity index is 265. The summed E-state index contributed by atoms with van der Waals surface area (Å²) >= 11 is 0. The molecular formula is C11H19NO3. The van der Waals surface area contributed by atoms with Crippen molar-refractivity contribution in [2.45, 2.75) is 38.3 Å². The molecule has 0 amide bonds. The number of carboxylic acid groups (broad SMARTS) is 1. The summed E-state index contributed by atoms with van der Waals surface area (Å²) in [5.74, 6) is -0.353. The van der Waals surface area contributed by atoms with Crippen molar-refractivity contribution < 1.29 is 14.6 Å². The van der Waals surface area contributed by atoms with Crippen molar-refractivity contribution >= 4 is 5.97 Å². The first-order valence-electron chi connectivity index (χ1n) is 5.64. The zero-order valence-corrected chi connectivity index (χ0v) is 9.40. The average Bonchev–Trinajstić information content (AvgIpc) is 3.00. The van der Waals surface area contributed by atoms with Crippen LogP contribution in [0.4, 0.5) is 0 Å². The summed E-state index contributed by atoms with van der Waals surface area (Å²) < 4.78 is 5.35. The second-order valence-electron chi connectivity index (χ2n) is 4.84. The third-order valence-corrected chi connectivity index (χ3v) is 3.77. The van der Waals surface area contributed by atoms with Crippen LogP contribution >= 0.6 is 0 Å². The quantitative estimate of drug-likeness (QED) is 0.758. The number of carboxylic acids is 1. The van der Waals surface area contributed by atoms with E-state index in [1.54, 1.807) is 0 Å². The minimum Gasteiger partial charge on any atom is -0.480 e. The van der Waals surface area contributed by atoms with Gasteiger partial charge in [0.05, 0.1) is 13.2 Å². The Balaban J connectivity index is 2.19. The molecule has 4 heteroatoms. The lowest BCUT2D eigenvalue weighted by atomic mass is 9.91. The Morgan fingerprint density at radius 1 is 1.53 bits per heavy atom. The molecule has 2 aliphatic rings. The van der Waals surface area contributed by atoms with E-state index in [4.69, 9.17) is 4.74 Å². The smallest absolute Gasteiger partial charge is 0.324 e. The molecule has 0 aromatic rings. The number of ether oxygens (including phenoxy) is 1. The van der Waals surface area contributed by atoms with E-state index in [9.17, 15) is 9.90 Å². The molecule has 0 aromatic carbocycles. The van der Waals surface area contributed by atoms with E-state index in [2.05, 4.69) is 4.90 Å². The number of hydrogen-bond acceptors (Lipinski definition) is 3. The second kappa shape index (κ2) is 3.76. The largest absolute Gasteiger partial charge is 0.480 e. The summed E-state index contributed by atoms with van der Waals surface area (Å²) in [6.07, 6.45) is 2.10. The number of nitrogens with zero attached hydrogens (tertiary/aromatic N) is 1. The predicted octanol–water partition coefficient (Wildman–Crippen LogP) is 0.960. The van der Waals surface area contributed by atoms with Gasteiger partial charge in [0.15, 0.2) is 0 Å². The normalized spacial score (nSPS) is 32.3. The van der Waals surface area contributed by atoms with Gasteiger partial charge in [0, 0.05) is 12.6 Å². The molecule has 0 radical (unpaired) electrons. The molecule has 0 aromatic heterocycles. The van der Waals surface area contributed by atoms with Crippen molar-refractivity contribution in [1.82, 2.24) is 4.90 Å². The molecule has 15 heavy (non-hydrogen) atoms. The molecular weight excluding hydrogens is 194 g/mol. The highest BCUT2D eigenvalue weighted by Gasteiger charge is 2.53. The molecule has 1 aliphatic heterocycles. The van der Waals surface area contributed by atoms with Crippen LogP contribution in [0.1, 0.15) is 26.7 Å². The molecule has 2 atom stereocenters. The van der Waals surface area contributed by atoms with E-state index in [1.807, 2.05) is 13.8 Å². The maximum atomic E-state index is 11.5. The van der Waals surface area contributed by atoms with Crippen LogP contribution in [0, 0.1) is 5.92 Å². The summed E-state index contributed by atoms with van der Waals surface area (Å²) in [6, 6.07) is 0.209. The van der Waals surface area contributed by atoms with Gasteiger partial charge in [0.1, 0.15) is 5.54 Å². The maximum Gasteiger partial charge on any atom is 0.324 e. The van der Waals surface area contributed by atoms with Crippen LogP contribution in [0.15, 0.2) is 0 Å². The lowest BCUT2D eigenvalue weighted by Gasteiger charge is -2.44. The third kappa shape index (κ3) is 1.76. The van der Waals surface area contributed by atoms with E-state index in [1.165, 1.54) is 0 Å². The van der Waals surface area contributed by atoms with Crippen molar-refractivity contribution in [3.05, 3.63) is 0 Å². The Labute approximate surface area is 90.2 Å². The number of carbonyl (C=O) groups is 1. The van der Waals surface area contributed by atoms with E-state index in [0.29, 0.717) is 19.1 Å². The van der Waals surface area contributed by atoms with Crippen LogP contribution in [-0.2, 0) is 9.53 Å². The van der Waals surface area contributed by atoms with Gasteiger partial charge in [0.25, 0.3) is 0 Å². The Morgan fingerprint density at radius 2 is 2.20 bits per heavy atom. The van der Waals surface area contributed by atoms with Crippen LogP contribution in [0.5, 0.6) is 0 Å². The lowest BCUT2D eigenvalue weighted by molar-refractivity contribution is -0.159. The highest BCUT2D eigenvalue weighted by molar-refractivity contribution is 5.79. The summed E-state index contributed by atoms with van der Waals surface area (Å²) in [5.41, 5.74) is -0.677. The van der Waals surface area contributed by atoms with E-state index in [-0.39, 0.29) is 6.04 Å². The van der Waals surface area contributed by atoms with Crippen LogP contribution in [-0.4, -0.2) is 47.3 Å². The Morgan fingerprint density at radius 3 is 2.67 bits per heavy atom. The first-order chi connectivity index (χ1) is 7.06. The molecule has 1 saturated heterocycles. The number of morpholine rings is 1. The molecule has 2 fully saturated rings. The highest BCUT2D eigenvalue weighted by atomic mass is 16.5. The van der Waals surface area contributed by atoms with E-state index < -0.39 is 11.5 Å². The molecule has 0 bridgehead atoms. The van der Waals surface area contributed by atoms with E-state index >= 15 is 0 Å². The topological polar surface area (TPSA) is 49.8 Å². The van der Waals surface area contributed by atoms with Crippen molar-refractivity contribution in [2.24, 2.45) is 5.92 Å². The molecule has 1 aliphatic carbocycles. The van der Waals surface area contributed by atoms with Crippen LogP contribution in [0.3, 0.4) is 0 Å². The van der Waals surface area contributed by atoms with Crippen molar-refractivity contribution in [3.63, 3.8) is 0 Å². The van der Waals surface area contributed by atoms with Crippen LogP contribution in [0.2, 0.25) is 0 Å². The predicted molar refractivity (Wildman–Crippen MR) is 55.8 cm³/mol. The number of hydrogen-bond donors (Lipinski definition) is 1. The molecule has 1 N–H and O–H groups in total. The summed E-state index contributed by atoms with van der Waals surface area (Å²) in [4.78, 5) is 13.6. The summed E-state index contributed by atoms with van der Waals surface area (Å²) in [7, 11) is 0. The Kier molecular flexibility index (Phi) is 2.73. The van der Waals surface area contributed by atoms with Crippen LogP contribution < -0.4 is 0 Å². The molecule has 0 spiro atoms. The molecule has 2 rings (SSSR count). The number of aliphatic carboxylic acids is 1. The van der Waals surface area contributed by atoms with E-state index in [0.717, 1.165) is 19.4 Å². The van der Waals surface area contributed by atoms with Crippen molar-refractivity contribution in [3.8, 4) is 0 Å². The van der Waals surface area contributed by atoms with Crippen molar-refractivity contribution in [2.75, 3.05) is 19.8 Å². The average molecular weight is 213 g/mol. The zero-order valence-electron chi connectivity index (χ0n) is 9.40. The first kappa shape index (κ1) is 10.9.